The van der Waals surface area contributed by atoms with Gasteiger partial charge >= 0.3 is 7.12 Å². The maximum atomic E-state index is 9.58. The highest BCUT2D eigenvalue weighted by molar-refractivity contribution is 6.58. The predicted octanol–water partition coefficient (Wildman–Crippen LogP) is 1.28. The van der Waals surface area contributed by atoms with Gasteiger partial charge in [0.15, 0.2) is 0 Å². The molecule has 1 aliphatic carbocycles. The minimum absolute atomic E-state index is 0.403. The van der Waals surface area contributed by atoms with E-state index in [1.807, 2.05) is 12.1 Å². The number of hydrogen-bond acceptors (Lipinski definition) is 4. The van der Waals surface area contributed by atoms with Gasteiger partial charge in [-0.3, -0.25) is 4.98 Å². The Labute approximate surface area is 127 Å². The largest absolute Gasteiger partial charge is 0.488 e. The Morgan fingerprint density at radius 1 is 0.952 bits per heavy atom. The fourth-order valence-corrected chi connectivity index (χ4v) is 3.67. The first-order valence-electron chi connectivity index (χ1n) is 8.32. The van der Waals surface area contributed by atoms with Gasteiger partial charge in [0.05, 0.1) is 0 Å². The first kappa shape index (κ1) is 15.0. The van der Waals surface area contributed by atoms with Crippen LogP contribution >= 0.6 is 0 Å². The van der Waals surface area contributed by atoms with E-state index < -0.39 is 7.12 Å². The van der Waals surface area contributed by atoms with Gasteiger partial charge in [-0.15, -0.1) is 0 Å². The Balaban J connectivity index is 1.89. The van der Waals surface area contributed by atoms with Gasteiger partial charge in [-0.1, -0.05) is 19.3 Å². The summed E-state index contributed by atoms with van der Waals surface area (Å²) in [6.45, 7) is 2.02. The minimum atomic E-state index is -1.40. The molecule has 3 rings (SSSR count). The molecule has 1 aromatic rings. The van der Waals surface area contributed by atoms with E-state index in [9.17, 15) is 10.0 Å². The highest BCUT2D eigenvalue weighted by Gasteiger charge is 2.24. The van der Waals surface area contributed by atoms with Crippen molar-refractivity contribution in [3.8, 4) is 0 Å². The molecule has 0 aromatic carbocycles. The molecule has 114 valence electrons. The van der Waals surface area contributed by atoms with Crippen molar-refractivity contribution in [1.82, 2.24) is 10.3 Å². The molecule has 1 saturated carbocycles. The van der Waals surface area contributed by atoms with Crippen LogP contribution in [0.5, 0.6) is 0 Å². The van der Waals surface area contributed by atoms with Gasteiger partial charge in [0.2, 0.25) is 0 Å². The standard InChI is InChI=1S/C16H25BN2O2/c20-17(21)14-9-15(12-5-2-1-3-6-12)19-16(10-14)13-7-4-8-18-11-13/h9-10,12-13,18,20-21H,1-8,11H2. The Bertz CT molecular complexity index is 433. The Kier molecular flexibility index (Phi) is 4.93. The summed E-state index contributed by atoms with van der Waals surface area (Å²) in [5.41, 5.74) is 2.71. The number of hydrogen-bond donors (Lipinski definition) is 3. The lowest BCUT2D eigenvalue weighted by atomic mass is 9.77. The third kappa shape index (κ3) is 3.65. The monoisotopic (exact) mass is 288 g/mol. The predicted molar refractivity (Wildman–Crippen MR) is 84.7 cm³/mol. The minimum Gasteiger partial charge on any atom is -0.423 e. The highest BCUT2D eigenvalue weighted by atomic mass is 16.4. The molecule has 3 N–H and O–H groups in total. The van der Waals surface area contributed by atoms with Gasteiger partial charge in [-0.2, -0.15) is 0 Å². The fraction of sp³-hybridized carbons (Fsp3) is 0.688. The van der Waals surface area contributed by atoms with E-state index in [4.69, 9.17) is 4.98 Å². The molecule has 2 fully saturated rings. The van der Waals surface area contributed by atoms with Gasteiger partial charge in [0.1, 0.15) is 0 Å². The molecule has 21 heavy (non-hydrogen) atoms. The second kappa shape index (κ2) is 6.90. The number of aromatic nitrogens is 1. The van der Waals surface area contributed by atoms with Crippen molar-refractivity contribution in [3.63, 3.8) is 0 Å². The number of pyridine rings is 1. The summed E-state index contributed by atoms with van der Waals surface area (Å²) in [7, 11) is -1.40. The second-order valence-electron chi connectivity index (χ2n) is 6.50. The number of piperidine rings is 1. The normalized spacial score (nSPS) is 24.0. The third-order valence-electron chi connectivity index (χ3n) is 4.92. The van der Waals surface area contributed by atoms with E-state index >= 15 is 0 Å². The number of nitrogens with one attached hydrogen (secondary N) is 1. The van der Waals surface area contributed by atoms with Crippen molar-refractivity contribution in [2.24, 2.45) is 0 Å². The topological polar surface area (TPSA) is 65.4 Å². The van der Waals surface area contributed by atoms with Gasteiger partial charge in [0.25, 0.3) is 0 Å². The Morgan fingerprint density at radius 3 is 2.24 bits per heavy atom. The zero-order valence-electron chi connectivity index (χ0n) is 12.6. The zero-order chi connectivity index (χ0) is 14.7. The molecule has 1 atom stereocenters. The highest BCUT2D eigenvalue weighted by Crippen LogP contribution is 2.32. The second-order valence-corrected chi connectivity index (χ2v) is 6.50. The van der Waals surface area contributed by atoms with Crippen LogP contribution in [0.25, 0.3) is 0 Å². The smallest absolute Gasteiger partial charge is 0.423 e. The summed E-state index contributed by atoms with van der Waals surface area (Å²) < 4.78 is 0. The molecule has 0 amide bonds. The van der Waals surface area contributed by atoms with Crippen LogP contribution in [0.15, 0.2) is 12.1 Å². The Morgan fingerprint density at radius 2 is 1.62 bits per heavy atom. The summed E-state index contributed by atoms with van der Waals surface area (Å²) >= 11 is 0. The first-order chi connectivity index (χ1) is 10.2. The van der Waals surface area contributed by atoms with Crippen LogP contribution in [-0.4, -0.2) is 35.2 Å². The van der Waals surface area contributed by atoms with Crippen LogP contribution in [0, 0.1) is 0 Å². The third-order valence-corrected chi connectivity index (χ3v) is 4.92. The first-order valence-corrected chi connectivity index (χ1v) is 8.32. The summed E-state index contributed by atoms with van der Waals surface area (Å²) in [5, 5.41) is 22.6. The van der Waals surface area contributed by atoms with Gasteiger partial charge in [-0.25, -0.2) is 0 Å². The molecule has 0 spiro atoms. The molecule has 2 heterocycles. The van der Waals surface area contributed by atoms with Gasteiger partial charge in [0, 0.05) is 29.8 Å². The van der Waals surface area contributed by atoms with Crippen LogP contribution in [0.4, 0.5) is 0 Å². The number of nitrogens with zero attached hydrogens (tertiary/aromatic N) is 1. The molecule has 1 saturated heterocycles. The van der Waals surface area contributed by atoms with E-state index in [-0.39, 0.29) is 0 Å². The van der Waals surface area contributed by atoms with Crippen molar-refractivity contribution in [2.75, 3.05) is 13.1 Å². The lowest BCUT2D eigenvalue weighted by molar-refractivity contribution is 0.421. The molecule has 2 aliphatic rings. The Hall–Kier alpha value is -0.905. The summed E-state index contributed by atoms with van der Waals surface area (Å²) in [4.78, 5) is 4.90. The maximum Gasteiger partial charge on any atom is 0.488 e. The van der Waals surface area contributed by atoms with Gasteiger partial charge in [-0.05, 0) is 49.8 Å². The molecular formula is C16H25BN2O2. The summed E-state index contributed by atoms with van der Waals surface area (Å²) in [6, 6.07) is 3.79. The van der Waals surface area contributed by atoms with Crippen molar-refractivity contribution in [2.45, 2.75) is 56.8 Å². The van der Waals surface area contributed by atoms with Crippen LogP contribution in [0.2, 0.25) is 0 Å². The maximum absolute atomic E-state index is 9.58. The van der Waals surface area contributed by atoms with Crippen LogP contribution in [0.3, 0.4) is 0 Å². The van der Waals surface area contributed by atoms with Crippen LogP contribution in [0.1, 0.15) is 68.2 Å². The van der Waals surface area contributed by atoms with Crippen LogP contribution < -0.4 is 10.8 Å². The fourth-order valence-electron chi connectivity index (χ4n) is 3.67. The van der Waals surface area contributed by atoms with Crippen molar-refractivity contribution in [1.29, 1.82) is 0 Å². The van der Waals surface area contributed by atoms with E-state index in [0.717, 1.165) is 37.3 Å². The molecule has 1 aromatic heterocycles. The zero-order valence-corrected chi connectivity index (χ0v) is 12.6. The molecule has 0 radical (unpaired) electrons. The average molecular weight is 288 g/mol. The number of rotatable bonds is 3. The van der Waals surface area contributed by atoms with Gasteiger partial charge < -0.3 is 15.4 Å². The van der Waals surface area contributed by atoms with E-state index in [0.29, 0.717) is 17.3 Å². The molecule has 0 bridgehead atoms. The van der Waals surface area contributed by atoms with Crippen LogP contribution in [-0.2, 0) is 0 Å². The molecule has 4 nitrogen and oxygen atoms in total. The SMILES string of the molecule is OB(O)c1cc(C2CCCCC2)nc(C2CCCNC2)c1. The van der Waals surface area contributed by atoms with Crippen molar-refractivity contribution < 1.29 is 10.0 Å². The lowest BCUT2D eigenvalue weighted by Gasteiger charge is -2.26. The van der Waals surface area contributed by atoms with E-state index in [1.54, 1.807) is 0 Å². The average Bonchev–Trinajstić information content (AvgIpc) is 2.56. The molecular weight excluding hydrogens is 263 g/mol. The quantitative estimate of drug-likeness (QED) is 0.733. The molecule has 1 unspecified atom stereocenters. The lowest BCUT2D eigenvalue weighted by Crippen LogP contribution is -2.34. The van der Waals surface area contributed by atoms with E-state index in [2.05, 4.69) is 5.32 Å². The molecule has 1 aliphatic heterocycles. The van der Waals surface area contributed by atoms with Crippen molar-refractivity contribution in [3.05, 3.63) is 23.5 Å². The van der Waals surface area contributed by atoms with E-state index in [1.165, 1.54) is 32.1 Å². The van der Waals surface area contributed by atoms with Crippen molar-refractivity contribution >= 4 is 12.6 Å². The molecule has 5 heteroatoms. The summed E-state index contributed by atoms with van der Waals surface area (Å²) in [6.07, 6.45) is 8.50. The summed E-state index contributed by atoms with van der Waals surface area (Å²) in [5.74, 6) is 0.896.